The molecule has 0 unspecified atom stereocenters. The molecule has 146 valence electrons. The van der Waals surface area contributed by atoms with Crippen LogP contribution >= 0.6 is 0 Å². The summed E-state index contributed by atoms with van der Waals surface area (Å²) in [7, 11) is -3.63. The zero-order valence-corrected chi connectivity index (χ0v) is 17.5. The van der Waals surface area contributed by atoms with Crippen LogP contribution in [0.5, 0.6) is 0 Å². The first-order valence-corrected chi connectivity index (χ1v) is 10.6. The lowest BCUT2D eigenvalue weighted by molar-refractivity contribution is -0.116. The summed E-state index contributed by atoms with van der Waals surface area (Å²) in [5.41, 5.74) is 4.53. The Bertz CT molecular complexity index is 936. The topological polar surface area (TPSA) is 66.5 Å². The molecule has 0 aliphatic rings. The summed E-state index contributed by atoms with van der Waals surface area (Å²) in [4.78, 5) is 14.2. The third-order valence-electron chi connectivity index (χ3n) is 4.61. The minimum absolute atomic E-state index is 0.107. The monoisotopic (exact) mass is 388 g/mol. The number of carbonyl (C=O) groups excluding carboxylic acids is 1. The summed E-state index contributed by atoms with van der Waals surface area (Å²) < 4.78 is 28.0. The normalized spacial score (nSPS) is 11.4. The molecule has 0 saturated heterocycles. The number of carbonyl (C=O) groups is 1. The van der Waals surface area contributed by atoms with Gasteiger partial charge >= 0.3 is 0 Å². The lowest BCUT2D eigenvalue weighted by atomic mass is 10.0. The van der Waals surface area contributed by atoms with Crippen molar-refractivity contribution in [3.63, 3.8) is 0 Å². The Morgan fingerprint density at radius 2 is 1.78 bits per heavy atom. The third kappa shape index (κ3) is 4.96. The number of hydrogen-bond acceptors (Lipinski definition) is 3. The smallest absolute Gasteiger partial charge is 0.240 e. The fraction of sp³-hybridized carbons (Fsp3) is 0.381. The van der Waals surface area contributed by atoms with E-state index >= 15 is 0 Å². The van der Waals surface area contributed by atoms with Crippen LogP contribution in [0.3, 0.4) is 0 Å². The van der Waals surface area contributed by atoms with Gasteiger partial charge in [-0.1, -0.05) is 37.3 Å². The first-order valence-electron chi connectivity index (χ1n) is 9.11. The Hall–Kier alpha value is -2.18. The molecule has 0 atom stereocenters. The van der Waals surface area contributed by atoms with Crippen LogP contribution in [0.4, 0.5) is 5.69 Å². The molecule has 0 aliphatic heterocycles. The highest BCUT2D eigenvalue weighted by Gasteiger charge is 2.20. The largest absolute Gasteiger partial charge is 0.311 e. The van der Waals surface area contributed by atoms with Crippen molar-refractivity contribution in [3.05, 3.63) is 58.7 Å². The molecule has 0 aromatic heterocycles. The van der Waals surface area contributed by atoms with E-state index in [4.69, 9.17) is 0 Å². The van der Waals surface area contributed by atoms with Crippen LogP contribution in [0, 0.1) is 20.8 Å². The molecule has 27 heavy (non-hydrogen) atoms. The lowest BCUT2D eigenvalue weighted by Gasteiger charge is -2.26. The SMILES string of the molecule is CCc1cccc(C)c1N(CCNS(=O)(=O)c1cc(C)ccc1C)C(C)=O. The van der Waals surface area contributed by atoms with Crippen molar-refractivity contribution in [2.45, 2.75) is 45.9 Å². The molecule has 1 N–H and O–H groups in total. The summed E-state index contributed by atoms with van der Waals surface area (Å²) >= 11 is 0. The Kier molecular flexibility index (Phi) is 6.78. The van der Waals surface area contributed by atoms with Gasteiger partial charge in [-0.25, -0.2) is 13.1 Å². The van der Waals surface area contributed by atoms with Crippen LogP contribution in [0.1, 0.15) is 36.1 Å². The van der Waals surface area contributed by atoms with E-state index in [1.54, 1.807) is 24.0 Å². The van der Waals surface area contributed by atoms with E-state index < -0.39 is 10.0 Å². The summed E-state index contributed by atoms with van der Waals surface area (Å²) in [5.74, 6) is -0.107. The van der Waals surface area contributed by atoms with E-state index in [9.17, 15) is 13.2 Å². The highest BCUT2D eigenvalue weighted by Crippen LogP contribution is 2.26. The average Bonchev–Trinajstić information content (AvgIpc) is 2.60. The van der Waals surface area contributed by atoms with Crippen molar-refractivity contribution >= 4 is 21.6 Å². The van der Waals surface area contributed by atoms with E-state index in [2.05, 4.69) is 4.72 Å². The Labute approximate surface area is 162 Å². The summed E-state index contributed by atoms with van der Waals surface area (Å²) in [6, 6.07) is 11.3. The molecule has 0 fully saturated rings. The van der Waals surface area contributed by atoms with Gasteiger partial charge in [-0.2, -0.15) is 0 Å². The second kappa shape index (κ2) is 8.67. The molecule has 6 heteroatoms. The van der Waals surface area contributed by atoms with E-state index in [0.717, 1.165) is 28.8 Å². The number of amides is 1. The number of hydrogen-bond donors (Lipinski definition) is 1. The highest BCUT2D eigenvalue weighted by atomic mass is 32.2. The first-order chi connectivity index (χ1) is 12.7. The molecular weight excluding hydrogens is 360 g/mol. The maximum absolute atomic E-state index is 12.7. The molecule has 2 aromatic carbocycles. The van der Waals surface area contributed by atoms with Crippen molar-refractivity contribution in [1.82, 2.24) is 4.72 Å². The second-order valence-electron chi connectivity index (χ2n) is 6.77. The van der Waals surface area contributed by atoms with Crippen molar-refractivity contribution in [2.24, 2.45) is 0 Å². The van der Waals surface area contributed by atoms with Crippen LogP contribution in [0.15, 0.2) is 41.3 Å². The fourth-order valence-electron chi connectivity index (χ4n) is 3.18. The number of para-hydroxylation sites is 1. The molecule has 1 amide bonds. The quantitative estimate of drug-likeness (QED) is 0.789. The molecule has 5 nitrogen and oxygen atoms in total. The van der Waals surface area contributed by atoms with Gasteiger partial charge in [-0.15, -0.1) is 0 Å². The zero-order valence-electron chi connectivity index (χ0n) is 16.7. The lowest BCUT2D eigenvalue weighted by Crippen LogP contribution is -2.38. The predicted molar refractivity (Wildman–Crippen MR) is 110 cm³/mol. The van der Waals surface area contributed by atoms with Crippen LogP contribution in [-0.4, -0.2) is 27.4 Å². The van der Waals surface area contributed by atoms with E-state index in [1.807, 2.05) is 45.0 Å². The Balaban J connectivity index is 2.21. The van der Waals surface area contributed by atoms with Crippen molar-refractivity contribution in [3.8, 4) is 0 Å². The van der Waals surface area contributed by atoms with Gasteiger partial charge in [-0.3, -0.25) is 4.79 Å². The van der Waals surface area contributed by atoms with Gasteiger partial charge in [0.05, 0.1) is 4.90 Å². The van der Waals surface area contributed by atoms with Crippen molar-refractivity contribution < 1.29 is 13.2 Å². The number of benzene rings is 2. The number of nitrogens with one attached hydrogen (secondary N) is 1. The molecule has 0 aliphatic carbocycles. The number of rotatable bonds is 7. The van der Waals surface area contributed by atoms with Gasteiger partial charge in [0, 0.05) is 25.7 Å². The van der Waals surface area contributed by atoms with Crippen LogP contribution in [0.25, 0.3) is 0 Å². The number of anilines is 1. The van der Waals surface area contributed by atoms with Crippen molar-refractivity contribution in [2.75, 3.05) is 18.0 Å². The molecule has 0 radical (unpaired) electrons. The van der Waals surface area contributed by atoms with E-state index in [1.165, 1.54) is 6.92 Å². The van der Waals surface area contributed by atoms with Crippen LogP contribution in [0.2, 0.25) is 0 Å². The number of nitrogens with zero attached hydrogens (tertiary/aromatic N) is 1. The predicted octanol–water partition coefficient (Wildman–Crippen LogP) is 3.51. The van der Waals surface area contributed by atoms with Gasteiger partial charge in [0.2, 0.25) is 15.9 Å². The van der Waals surface area contributed by atoms with Crippen LogP contribution in [-0.2, 0) is 21.2 Å². The van der Waals surface area contributed by atoms with Gasteiger partial charge in [0.25, 0.3) is 0 Å². The zero-order chi connectivity index (χ0) is 20.2. The third-order valence-corrected chi connectivity index (χ3v) is 6.22. The Morgan fingerprint density at radius 1 is 1.07 bits per heavy atom. The average molecular weight is 389 g/mol. The number of aryl methyl sites for hydroxylation is 4. The molecule has 0 spiro atoms. The molecule has 2 aromatic rings. The van der Waals surface area contributed by atoms with E-state index in [0.29, 0.717) is 5.56 Å². The molecule has 0 bridgehead atoms. The molecule has 0 saturated carbocycles. The van der Waals surface area contributed by atoms with Gasteiger partial charge < -0.3 is 4.90 Å². The minimum Gasteiger partial charge on any atom is -0.311 e. The van der Waals surface area contributed by atoms with Crippen molar-refractivity contribution in [1.29, 1.82) is 0 Å². The first kappa shape index (κ1) is 21.1. The second-order valence-corrected chi connectivity index (χ2v) is 8.51. The van der Waals surface area contributed by atoms with Crippen LogP contribution < -0.4 is 9.62 Å². The maximum atomic E-state index is 12.7. The standard InChI is InChI=1S/C21H28N2O3S/c1-6-19-9-7-8-17(4)21(19)23(18(5)24)13-12-22-27(25,26)20-14-15(2)10-11-16(20)3/h7-11,14,22H,6,12-13H2,1-5H3. The summed E-state index contributed by atoms with van der Waals surface area (Å²) in [6.07, 6.45) is 0.801. The fourth-order valence-corrected chi connectivity index (χ4v) is 4.53. The van der Waals surface area contributed by atoms with Gasteiger partial charge in [0.1, 0.15) is 0 Å². The number of sulfonamides is 1. The molecule has 2 rings (SSSR count). The van der Waals surface area contributed by atoms with E-state index in [-0.39, 0.29) is 23.9 Å². The maximum Gasteiger partial charge on any atom is 0.240 e. The summed E-state index contributed by atoms with van der Waals surface area (Å²) in [5, 5.41) is 0. The van der Waals surface area contributed by atoms with Gasteiger partial charge in [0.15, 0.2) is 0 Å². The summed E-state index contributed by atoms with van der Waals surface area (Å²) in [6.45, 7) is 9.57. The molecular formula is C21H28N2O3S. The Morgan fingerprint density at radius 3 is 2.41 bits per heavy atom. The van der Waals surface area contributed by atoms with Gasteiger partial charge in [-0.05, 0) is 55.5 Å². The minimum atomic E-state index is -3.63. The molecule has 0 heterocycles. The highest BCUT2D eigenvalue weighted by molar-refractivity contribution is 7.89.